The van der Waals surface area contributed by atoms with Gasteiger partial charge in [0.25, 0.3) is 0 Å². The van der Waals surface area contributed by atoms with Gasteiger partial charge in [-0.05, 0) is 32.1 Å². The lowest BCUT2D eigenvalue weighted by molar-refractivity contribution is -0.132. The largest absolute Gasteiger partial charge is 0.378 e. The van der Waals surface area contributed by atoms with E-state index in [2.05, 4.69) is 15.9 Å². The van der Waals surface area contributed by atoms with E-state index in [1.54, 1.807) is 0 Å². The van der Waals surface area contributed by atoms with Crippen molar-refractivity contribution in [2.45, 2.75) is 49.5 Å². The highest BCUT2D eigenvalue weighted by molar-refractivity contribution is 9.09. The van der Waals surface area contributed by atoms with Crippen LogP contribution in [0.5, 0.6) is 0 Å². The summed E-state index contributed by atoms with van der Waals surface area (Å²) in [5, 5.41) is 0. The molecular formula is C12H20BrNO2. The van der Waals surface area contributed by atoms with Crippen LogP contribution in [0.3, 0.4) is 0 Å². The smallest absolute Gasteiger partial charge is 0.222 e. The number of carbonyl (C=O) groups is 1. The van der Waals surface area contributed by atoms with Crippen LogP contribution in [-0.2, 0) is 9.53 Å². The van der Waals surface area contributed by atoms with Crippen molar-refractivity contribution in [3.05, 3.63) is 0 Å². The SMILES string of the molecule is O=C(CCC1CCCO1)N1CCCC(Br)C1. The third-order valence-corrected chi connectivity index (χ3v) is 4.17. The van der Waals surface area contributed by atoms with Gasteiger partial charge in [0.1, 0.15) is 0 Å². The van der Waals surface area contributed by atoms with Crippen LogP contribution >= 0.6 is 15.9 Å². The molecule has 0 saturated carbocycles. The summed E-state index contributed by atoms with van der Waals surface area (Å²) < 4.78 is 5.53. The van der Waals surface area contributed by atoms with Crippen LogP contribution in [-0.4, -0.2) is 41.4 Å². The van der Waals surface area contributed by atoms with E-state index in [-0.39, 0.29) is 0 Å². The molecule has 0 aromatic heterocycles. The van der Waals surface area contributed by atoms with E-state index in [1.807, 2.05) is 4.90 Å². The van der Waals surface area contributed by atoms with Crippen LogP contribution in [0, 0.1) is 0 Å². The Hall–Kier alpha value is -0.0900. The van der Waals surface area contributed by atoms with Crippen molar-refractivity contribution in [2.24, 2.45) is 0 Å². The lowest BCUT2D eigenvalue weighted by Gasteiger charge is -2.30. The van der Waals surface area contributed by atoms with E-state index in [1.165, 1.54) is 6.42 Å². The maximum absolute atomic E-state index is 11.9. The van der Waals surface area contributed by atoms with Gasteiger partial charge < -0.3 is 9.64 Å². The summed E-state index contributed by atoms with van der Waals surface area (Å²) in [5.41, 5.74) is 0. The number of alkyl halides is 1. The Labute approximate surface area is 106 Å². The summed E-state index contributed by atoms with van der Waals surface area (Å²) in [6.45, 7) is 2.70. The molecule has 2 unspecified atom stereocenters. The van der Waals surface area contributed by atoms with Crippen molar-refractivity contribution in [2.75, 3.05) is 19.7 Å². The molecule has 4 heteroatoms. The van der Waals surface area contributed by atoms with E-state index in [0.717, 1.165) is 45.4 Å². The van der Waals surface area contributed by atoms with E-state index < -0.39 is 0 Å². The van der Waals surface area contributed by atoms with Crippen LogP contribution in [0.15, 0.2) is 0 Å². The number of halogens is 1. The van der Waals surface area contributed by atoms with Gasteiger partial charge in [0.2, 0.25) is 5.91 Å². The molecule has 2 saturated heterocycles. The summed E-state index contributed by atoms with van der Waals surface area (Å²) in [6, 6.07) is 0. The van der Waals surface area contributed by atoms with E-state index in [4.69, 9.17) is 4.74 Å². The number of nitrogens with zero attached hydrogens (tertiary/aromatic N) is 1. The predicted octanol–water partition coefficient (Wildman–Crippen LogP) is 2.33. The predicted molar refractivity (Wildman–Crippen MR) is 66.7 cm³/mol. The number of ether oxygens (including phenoxy) is 1. The van der Waals surface area contributed by atoms with Crippen molar-refractivity contribution in [3.63, 3.8) is 0 Å². The number of piperidine rings is 1. The minimum absolute atomic E-state index is 0.305. The molecule has 0 bridgehead atoms. The lowest BCUT2D eigenvalue weighted by Crippen LogP contribution is -2.40. The van der Waals surface area contributed by atoms with Gasteiger partial charge in [0, 0.05) is 30.9 Å². The minimum atomic E-state index is 0.305. The van der Waals surface area contributed by atoms with Gasteiger partial charge >= 0.3 is 0 Å². The molecule has 0 spiro atoms. The fraction of sp³-hybridized carbons (Fsp3) is 0.917. The number of likely N-dealkylation sites (tertiary alicyclic amines) is 1. The van der Waals surface area contributed by atoms with Crippen LogP contribution < -0.4 is 0 Å². The zero-order chi connectivity index (χ0) is 11.4. The Bertz CT molecular complexity index is 241. The highest BCUT2D eigenvalue weighted by Gasteiger charge is 2.23. The van der Waals surface area contributed by atoms with Crippen LogP contribution in [0.4, 0.5) is 0 Å². The lowest BCUT2D eigenvalue weighted by atomic mass is 10.1. The first-order valence-electron chi connectivity index (χ1n) is 6.29. The number of carbonyl (C=O) groups excluding carboxylic acids is 1. The summed E-state index contributed by atoms with van der Waals surface area (Å²) >= 11 is 3.60. The molecule has 1 amide bonds. The summed E-state index contributed by atoms with van der Waals surface area (Å²) in [7, 11) is 0. The Kier molecular flexibility index (Phi) is 4.65. The third-order valence-electron chi connectivity index (χ3n) is 3.42. The van der Waals surface area contributed by atoms with Crippen molar-refractivity contribution in [3.8, 4) is 0 Å². The molecule has 0 aliphatic carbocycles. The molecule has 92 valence electrons. The number of hydrogen-bond acceptors (Lipinski definition) is 2. The molecule has 0 aromatic rings. The zero-order valence-corrected chi connectivity index (χ0v) is 11.2. The third kappa shape index (κ3) is 3.45. The first-order chi connectivity index (χ1) is 7.75. The van der Waals surface area contributed by atoms with E-state index in [0.29, 0.717) is 23.3 Å². The first kappa shape index (κ1) is 12.4. The molecule has 2 fully saturated rings. The second-order valence-corrected chi connectivity index (χ2v) is 6.05. The van der Waals surface area contributed by atoms with Crippen molar-refractivity contribution in [1.29, 1.82) is 0 Å². The average Bonchev–Trinajstić information content (AvgIpc) is 2.78. The summed E-state index contributed by atoms with van der Waals surface area (Å²) in [5.74, 6) is 0.305. The minimum Gasteiger partial charge on any atom is -0.378 e. The van der Waals surface area contributed by atoms with Crippen molar-refractivity contribution >= 4 is 21.8 Å². The summed E-state index contributed by atoms with van der Waals surface area (Å²) in [6.07, 6.45) is 6.51. The Morgan fingerprint density at radius 1 is 1.38 bits per heavy atom. The number of amides is 1. The second kappa shape index (κ2) is 6.01. The number of hydrogen-bond donors (Lipinski definition) is 0. The monoisotopic (exact) mass is 289 g/mol. The Morgan fingerprint density at radius 2 is 2.25 bits per heavy atom. The van der Waals surface area contributed by atoms with Gasteiger partial charge in [-0.15, -0.1) is 0 Å². The van der Waals surface area contributed by atoms with Crippen LogP contribution in [0.1, 0.15) is 38.5 Å². The molecule has 0 N–H and O–H groups in total. The van der Waals surface area contributed by atoms with Crippen LogP contribution in [0.25, 0.3) is 0 Å². The molecule has 2 heterocycles. The average molecular weight is 290 g/mol. The van der Waals surface area contributed by atoms with E-state index in [9.17, 15) is 4.79 Å². The molecule has 2 atom stereocenters. The highest BCUT2D eigenvalue weighted by Crippen LogP contribution is 2.20. The molecule has 0 radical (unpaired) electrons. The molecule has 3 nitrogen and oxygen atoms in total. The van der Waals surface area contributed by atoms with Crippen molar-refractivity contribution in [1.82, 2.24) is 4.90 Å². The normalized spacial score (nSPS) is 30.7. The molecule has 2 aliphatic heterocycles. The molecular weight excluding hydrogens is 270 g/mol. The van der Waals surface area contributed by atoms with Gasteiger partial charge in [-0.3, -0.25) is 4.79 Å². The zero-order valence-electron chi connectivity index (χ0n) is 9.66. The fourth-order valence-electron chi connectivity index (χ4n) is 2.47. The van der Waals surface area contributed by atoms with Gasteiger partial charge in [-0.1, -0.05) is 15.9 Å². The Morgan fingerprint density at radius 3 is 2.94 bits per heavy atom. The fourth-order valence-corrected chi connectivity index (χ4v) is 3.14. The molecule has 0 aromatic carbocycles. The molecule has 16 heavy (non-hydrogen) atoms. The second-order valence-electron chi connectivity index (χ2n) is 4.75. The standard InChI is InChI=1S/C12H20BrNO2/c13-10-3-1-7-14(9-10)12(15)6-5-11-4-2-8-16-11/h10-11H,1-9H2. The molecule has 2 aliphatic rings. The maximum Gasteiger partial charge on any atom is 0.222 e. The van der Waals surface area contributed by atoms with Crippen LogP contribution in [0.2, 0.25) is 0 Å². The van der Waals surface area contributed by atoms with Crippen molar-refractivity contribution < 1.29 is 9.53 Å². The Balaban J connectivity index is 1.70. The van der Waals surface area contributed by atoms with Gasteiger partial charge in [-0.25, -0.2) is 0 Å². The highest BCUT2D eigenvalue weighted by atomic mass is 79.9. The topological polar surface area (TPSA) is 29.5 Å². The van der Waals surface area contributed by atoms with Gasteiger partial charge in [0.15, 0.2) is 0 Å². The summed E-state index contributed by atoms with van der Waals surface area (Å²) in [4.78, 5) is 14.4. The van der Waals surface area contributed by atoms with E-state index >= 15 is 0 Å². The quantitative estimate of drug-likeness (QED) is 0.747. The first-order valence-corrected chi connectivity index (χ1v) is 7.21. The number of rotatable bonds is 3. The van der Waals surface area contributed by atoms with Gasteiger partial charge in [0.05, 0.1) is 6.10 Å². The molecule has 2 rings (SSSR count). The maximum atomic E-state index is 11.9. The van der Waals surface area contributed by atoms with Gasteiger partial charge in [-0.2, -0.15) is 0 Å².